The Bertz CT molecular complexity index is 1010. The van der Waals surface area contributed by atoms with Gasteiger partial charge in [-0.15, -0.1) is 0 Å². The van der Waals surface area contributed by atoms with Crippen LogP contribution in [0.3, 0.4) is 0 Å². The van der Waals surface area contributed by atoms with Crippen molar-refractivity contribution in [1.29, 1.82) is 0 Å². The summed E-state index contributed by atoms with van der Waals surface area (Å²) in [4.78, 5) is 0. The van der Waals surface area contributed by atoms with Crippen molar-refractivity contribution >= 4 is 11.8 Å². The van der Waals surface area contributed by atoms with Crippen molar-refractivity contribution in [2.24, 2.45) is 0 Å². The summed E-state index contributed by atoms with van der Waals surface area (Å²) in [7, 11) is 1.66. The van der Waals surface area contributed by atoms with Gasteiger partial charge < -0.3 is 9.84 Å². The molecular weight excluding hydrogens is 320 g/mol. The Morgan fingerprint density at radius 2 is 1.42 bits per heavy atom. The minimum absolute atomic E-state index is 0.371. The van der Waals surface area contributed by atoms with Gasteiger partial charge >= 0.3 is 0 Å². The minimum Gasteiger partial charge on any atom is -0.511 e. The van der Waals surface area contributed by atoms with E-state index in [0.717, 1.165) is 21.8 Å². The van der Waals surface area contributed by atoms with Gasteiger partial charge in [-0.1, -0.05) is 78.9 Å². The SMILES string of the molecule is COc1c(C)ccc2c1=C(O)CC(c1ccccc1)(c1ccccc1)C=2. The molecule has 0 aromatic heterocycles. The second kappa shape index (κ2) is 6.38. The molecule has 130 valence electrons. The third kappa shape index (κ3) is 2.50. The highest BCUT2D eigenvalue weighted by atomic mass is 16.5. The van der Waals surface area contributed by atoms with Gasteiger partial charge in [-0.05, 0) is 28.8 Å². The Morgan fingerprint density at radius 3 is 1.96 bits per heavy atom. The van der Waals surface area contributed by atoms with Gasteiger partial charge in [0, 0.05) is 11.8 Å². The summed E-state index contributed by atoms with van der Waals surface area (Å²) >= 11 is 0. The standard InChI is InChI=1S/C24H22O2/c1-17-13-14-18-15-24(19-9-5-3-6-10-19,20-11-7-4-8-12-20)16-21(25)22(18)23(17)26-2/h3-15,25H,16H2,1-2H3. The molecule has 2 nitrogen and oxygen atoms in total. The third-order valence-electron chi connectivity index (χ3n) is 5.31. The Morgan fingerprint density at radius 1 is 0.846 bits per heavy atom. The molecule has 0 aliphatic heterocycles. The zero-order valence-electron chi connectivity index (χ0n) is 15.1. The lowest BCUT2D eigenvalue weighted by Crippen LogP contribution is -2.41. The smallest absolute Gasteiger partial charge is 0.132 e. The number of hydrogen-bond acceptors (Lipinski definition) is 2. The third-order valence-corrected chi connectivity index (χ3v) is 5.31. The lowest BCUT2D eigenvalue weighted by atomic mass is 9.69. The first kappa shape index (κ1) is 16.5. The molecule has 3 aromatic carbocycles. The molecule has 0 spiro atoms. The van der Waals surface area contributed by atoms with Gasteiger partial charge in [0.25, 0.3) is 0 Å². The van der Waals surface area contributed by atoms with Crippen molar-refractivity contribution in [3.63, 3.8) is 0 Å². The molecule has 2 heteroatoms. The lowest BCUT2D eigenvalue weighted by Gasteiger charge is -2.34. The first-order valence-electron chi connectivity index (χ1n) is 8.85. The molecular formula is C24H22O2. The maximum atomic E-state index is 11.1. The second-order valence-corrected chi connectivity index (χ2v) is 6.85. The molecule has 0 unspecified atom stereocenters. The fraction of sp³-hybridized carbons (Fsp3) is 0.167. The van der Waals surface area contributed by atoms with E-state index in [1.807, 2.05) is 25.1 Å². The number of benzene rings is 3. The van der Waals surface area contributed by atoms with Gasteiger partial charge in [-0.25, -0.2) is 0 Å². The topological polar surface area (TPSA) is 29.5 Å². The average Bonchev–Trinajstić information content (AvgIpc) is 2.69. The number of fused-ring (bicyclic) bond motifs is 1. The zero-order valence-corrected chi connectivity index (χ0v) is 15.1. The maximum Gasteiger partial charge on any atom is 0.132 e. The molecule has 1 aliphatic rings. The second-order valence-electron chi connectivity index (χ2n) is 6.85. The van der Waals surface area contributed by atoms with Gasteiger partial charge in [0.2, 0.25) is 0 Å². The number of methoxy groups -OCH3 is 1. The molecule has 0 amide bonds. The molecule has 1 N–H and O–H groups in total. The normalized spacial score (nSPS) is 15.1. The molecule has 0 saturated carbocycles. The van der Waals surface area contributed by atoms with E-state index in [9.17, 15) is 5.11 Å². The van der Waals surface area contributed by atoms with E-state index in [0.29, 0.717) is 12.2 Å². The molecule has 0 fully saturated rings. The van der Waals surface area contributed by atoms with Gasteiger partial charge in [0.1, 0.15) is 11.5 Å². The number of aryl methyl sites for hydroxylation is 1. The molecule has 0 heterocycles. The Hall–Kier alpha value is -3.00. The summed E-state index contributed by atoms with van der Waals surface area (Å²) in [5.41, 5.74) is 2.96. The Kier molecular flexibility index (Phi) is 4.04. The van der Waals surface area contributed by atoms with Crippen LogP contribution in [0.5, 0.6) is 5.75 Å². The van der Waals surface area contributed by atoms with Gasteiger partial charge in [-0.2, -0.15) is 0 Å². The van der Waals surface area contributed by atoms with E-state index < -0.39 is 5.41 Å². The fourth-order valence-electron chi connectivity index (χ4n) is 4.06. The van der Waals surface area contributed by atoms with Crippen molar-refractivity contribution in [3.05, 3.63) is 99.9 Å². The van der Waals surface area contributed by atoms with Crippen molar-refractivity contribution < 1.29 is 9.84 Å². The summed E-state index contributed by atoms with van der Waals surface area (Å²) in [5.74, 6) is 1.13. The fourth-order valence-corrected chi connectivity index (χ4v) is 4.06. The van der Waals surface area contributed by atoms with Crippen LogP contribution in [0.1, 0.15) is 23.1 Å². The van der Waals surface area contributed by atoms with E-state index in [4.69, 9.17) is 4.74 Å². The van der Waals surface area contributed by atoms with Crippen LogP contribution in [0.4, 0.5) is 0 Å². The predicted octanol–water partition coefficient (Wildman–Crippen LogP) is 3.84. The zero-order chi connectivity index (χ0) is 18.1. The van der Waals surface area contributed by atoms with Crippen LogP contribution in [-0.2, 0) is 5.41 Å². The van der Waals surface area contributed by atoms with Gasteiger partial charge in [0.15, 0.2) is 0 Å². The highest BCUT2D eigenvalue weighted by molar-refractivity contribution is 5.66. The number of hydrogen-bond donors (Lipinski definition) is 1. The first-order chi connectivity index (χ1) is 12.7. The number of rotatable bonds is 3. The van der Waals surface area contributed by atoms with E-state index in [1.165, 1.54) is 11.1 Å². The molecule has 1 aliphatic carbocycles. The molecule has 0 atom stereocenters. The van der Waals surface area contributed by atoms with Crippen LogP contribution in [0.15, 0.2) is 72.8 Å². The molecule has 3 aromatic rings. The van der Waals surface area contributed by atoms with Gasteiger partial charge in [0.05, 0.1) is 12.3 Å². The lowest BCUT2D eigenvalue weighted by molar-refractivity contribution is 0.398. The Balaban J connectivity index is 2.08. The van der Waals surface area contributed by atoms with Crippen molar-refractivity contribution in [1.82, 2.24) is 0 Å². The summed E-state index contributed by atoms with van der Waals surface area (Å²) in [6.45, 7) is 2.00. The Labute approximate surface area is 153 Å². The largest absolute Gasteiger partial charge is 0.511 e. The molecule has 0 saturated heterocycles. The van der Waals surface area contributed by atoms with E-state index in [-0.39, 0.29) is 0 Å². The van der Waals surface area contributed by atoms with E-state index in [2.05, 4.69) is 60.7 Å². The monoisotopic (exact) mass is 342 g/mol. The van der Waals surface area contributed by atoms with Crippen molar-refractivity contribution in [3.8, 4) is 5.75 Å². The van der Waals surface area contributed by atoms with Gasteiger partial charge in [-0.3, -0.25) is 0 Å². The molecule has 26 heavy (non-hydrogen) atoms. The summed E-state index contributed by atoms with van der Waals surface area (Å²) < 4.78 is 5.59. The van der Waals surface area contributed by atoms with Crippen molar-refractivity contribution in [2.75, 3.05) is 7.11 Å². The van der Waals surface area contributed by atoms with E-state index in [1.54, 1.807) is 7.11 Å². The van der Waals surface area contributed by atoms with Crippen LogP contribution in [0.2, 0.25) is 0 Å². The molecule has 0 radical (unpaired) electrons. The quantitative estimate of drug-likeness (QED) is 0.784. The summed E-state index contributed by atoms with van der Waals surface area (Å²) in [6, 6.07) is 24.9. The molecule has 4 rings (SSSR count). The van der Waals surface area contributed by atoms with Crippen molar-refractivity contribution in [2.45, 2.75) is 18.8 Å². The molecule has 0 bridgehead atoms. The van der Waals surface area contributed by atoms with Crippen LogP contribution >= 0.6 is 0 Å². The van der Waals surface area contributed by atoms with E-state index >= 15 is 0 Å². The average molecular weight is 342 g/mol. The van der Waals surface area contributed by atoms with Crippen LogP contribution in [0, 0.1) is 6.92 Å². The highest BCUT2D eigenvalue weighted by Gasteiger charge is 2.35. The highest BCUT2D eigenvalue weighted by Crippen LogP contribution is 2.40. The predicted molar refractivity (Wildman–Crippen MR) is 106 cm³/mol. The van der Waals surface area contributed by atoms with Crippen LogP contribution < -0.4 is 15.2 Å². The van der Waals surface area contributed by atoms with Crippen LogP contribution in [0.25, 0.3) is 11.8 Å². The minimum atomic E-state index is -0.403. The first-order valence-corrected chi connectivity index (χ1v) is 8.85. The number of ether oxygens (including phenoxy) is 1. The summed E-state index contributed by atoms with van der Waals surface area (Å²) in [5, 5.41) is 12.9. The number of aliphatic hydroxyl groups is 1. The maximum absolute atomic E-state index is 11.1. The number of aliphatic hydroxyl groups excluding tert-OH is 1. The van der Waals surface area contributed by atoms with Crippen LogP contribution in [-0.4, -0.2) is 12.2 Å². The summed E-state index contributed by atoms with van der Waals surface area (Å²) in [6.07, 6.45) is 2.78.